The molecule has 3 rings (SSSR count). The molecule has 1 aliphatic carbocycles. The van der Waals surface area contributed by atoms with E-state index in [1.807, 2.05) is 25.1 Å². The molecule has 8 heteroatoms. The summed E-state index contributed by atoms with van der Waals surface area (Å²) in [5.74, 6) is 0.325. The Labute approximate surface area is 162 Å². The van der Waals surface area contributed by atoms with E-state index in [0.29, 0.717) is 18.0 Å². The standard InChI is InChI=1S/C20H24F3N3O2/c1-3-26(16-11-7-8-12-17(16)27-2)19-24-13-15(20(21,22)23)18(25-19)28-14-9-5-4-6-10-14/h7-8,11-14H,3-6,9-10H2,1-2H3. The third kappa shape index (κ3) is 4.48. The van der Waals surface area contributed by atoms with E-state index in [0.717, 1.165) is 38.3 Å². The highest BCUT2D eigenvalue weighted by atomic mass is 19.4. The average Bonchev–Trinajstić information content (AvgIpc) is 2.69. The molecule has 2 aromatic rings. The first kappa shape index (κ1) is 20.2. The summed E-state index contributed by atoms with van der Waals surface area (Å²) in [5.41, 5.74) is -0.270. The van der Waals surface area contributed by atoms with Crippen LogP contribution in [0.2, 0.25) is 0 Å². The highest BCUT2D eigenvalue weighted by Crippen LogP contribution is 2.38. The van der Waals surface area contributed by atoms with Gasteiger partial charge in [-0.3, -0.25) is 0 Å². The van der Waals surface area contributed by atoms with Crippen LogP contribution in [-0.2, 0) is 6.18 Å². The molecule has 0 N–H and O–H groups in total. The summed E-state index contributed by atoms with van der Waals surface area (Å²) in [6.07, 6.45) is 0.430. The largest absolute Gasteiger partial charge is 0.495 e. The maximum absolute atomic E-state index is 13.5. The van der Waals surface area contributed by atoms with Gasteiger partial charge in [0, 0.05) is 12.7 Å². The molecule has 0 aliphatic heterocycles. The number of rotatable bonds is 6. The zero-order valence-corrected chi connectivity index (χ0v) is 16.0. The van der Waals surface area contributed by atoms with Crippen molar-refractivity contribution in [1.29, 1.82) is 0 Å². The van der Waals surface area contributed by atoms with Crippen molar-refractivity contribution >= 4 is 11.6 Å². The van der Waals surface area contributed by atoms with Crippen molar-refractivity contribution < 1.29 is 22.6 Å². The number of alkyl halides is 3. The van der Waals surface area contributed by atoms with Gasteiger partial charge in [-0.2, -0.15) is 18.2 Å². The van der Waals surface area contributed by atoms with Gasteiger partial charge in [-0.05, 0) is 44.7 Å². The van der Waals surface area contributed by atoms with Crippen molar-refractivity contribution in [3.05, 3.63) is 36.0 Å². The van der Waals surface area contributed by atoms with Gasteiger partial charge < -0.3 is 14.4 Å². The molecule has 0 saturated heterocycles. The van der Waals surface area contributed by atoms with Crippen LogP contribution in [0.3, 0.4) is 0 Å². The second-order valence-electron chi connectivity index (χ2n) is 6.68. The topological polar surface area (TPSA) is 47.5 Å². The molecule has 0 bridgehead atoms. The number of halogens is 3. The van der Waals surface area contributed by atoms with Crippen molar-refractivity contribution in [1.82, 2.24) is 9.97 Å². The fourth-order valence-corrected chi connectivity index (χ4v) is 3.38. The van der Waals surface area contributed by atoms with E-state index < -0.39 is 17.6 Å². The molecule has 1 fully saturated rings. The van der Waals surface area contributed by atoms with Crippen LogP contribution in [0, 0.1) is 0 Å². The third-order valence-electron chi connectivity index (χ3n) is 4.81. The number of hydrogen-bond acceptors (Lipinski definition) is 5. The maximum atomic E-state index is 13.5. The lowest BCUT2D eigenvalue weighted by molar-refractivity contribution is -0.140. The molecular formula is C20H24F3N3O2. The zero-order chi connectivity index (χ0) is 20.1. The van der Waals surface area contributed by atoms with Crippen molar-refractivity contribution in [2.45, 2.75) is 51.3 Å². The Kier molecular flexibility index (Phi) is 6.26. The molecular weight excluding hydrogens is 371 g/mol. The number of anilines is 2. The number of nitrogens with zero attached hydrogens (tertiary/aromatic N) is 3. The van der Waals surface area contributed by atoms with Gasteiger partial charge in [-0.1, -0.05) is 18.6 Å². The van der Waals surface area contributed by atoms with Crippen LogP contribution in [0.5, 0.6) is 11.6 Å². The number of benzene rings is 1. The van der Waals surface area contributed by atoms with Crippen LogP contribution in [0.1, 0.15) is 44.6 Å². The van der Waals surface area contributed by atoms with E-state index in [1.165, 1.54) is 7.11 Å². The summed E-state index contributed by atoms with van der Waals surface area (Å²) in [5, 5.41) is 0. The van der Waals surface area contributed by atoms with E-state index in [9.17, 15) is 13.2 Å². The lowest BCUT2D eigenvalue weighted by Gasteiger charge is -2.26. The Morgan fingerprint density at radius 3 is 2.50 bits per heavy atom. The molecule has 0 radical (unpaired) electrons. The van der Waals surface area contributed by atoms with Crippen LogP contribution in [0.25, 0.3) is 0 Å². The van der Waals surface area contributed by atoms with E-state index in [-0.39, 0.29) is 12.1 Å². The first-order chi connectivity index (χ1) is 13.4. The minimum absolute atomic E-state index is 0.144. The molecule has 0 unspecified atom stereocenters. The Morgan fingerprint density at radius 1 is 1.14 bits per heavy atom. The molecule has 152 valence electrons. The average molecular weight is 395 g/mol. The monoisotopic (exact) mass is 395 g/mol. The minimum Gasteiger partial charge on any atom is -0.495 e. The minimum atomic E-state index is -4.58. The fraction of sp³-hybridized carbons (Fsp3) is 0.500. The predicted octanol–water partition coefficient (Wildman–Crippen LogP) is 5.37. The molecule has 0 spiro atoms. The second kappa shape index (κ2) is 8.67. The van der Waals surface area contributed by atoms with E-state index in [2.05, 4.69) is 9.97 Å². The number of hydrogen-bond donors (Lipinski definition) is 0. The fourth-order valence-electron chi connectivity index (χ4n) is 3.38. The molecule has 5 nitrogen and oxygen atoms in total. The van der Waals surface area contributed by atoms with Crippen molar-refractivity contribution in [2.75, 3.05) is 18.6 Å². The van der Waals surface area contributed by atoms with E-state index >= 15 is 0 Å². The molecule has 0 amide bonds. The maximum Gasteiger partial charge on any atom is 0.423 e. The van der Waals surface area contributed by atoms with Crippen molar-refractivity contribution in [2.24, 2.45) is 0 Å². The first-order valence-electron chi connectivity index (χ1n) is 9.45. The van der Waals surface area contributed by atoms with Gasteiger partial charge >= 0.3 is 6.18 Å². The predicted molar refractivity (Wildman–Crippen MR) is 100 cm³/mol. The normalized spacial score (nSPS) is 15.3. The van der Waals surface area contributed by atoms with E-state index in [4.69, 9.17) is 9.47 Å². The first-order valence-corrected chi connectivity index (χ1v) is 9.45. The van der Waals surface area contributed by atoms with Gasteiger partial charge in [0.15, 0.2) is 0 Å². The number of ether oxygens (including phenoxy) is 2. The molecule has 0 atom stereocenters. The summed E-state index contributed by atoms with van der Waals surface area (Å²) in [7, 11) is 1.54. The lowest BCUT2D eigenvalue weighted by Crippen LogP contribution is -2.25. The summed E-state index contributed by atoms with van der Waals surface area (Å²) in [6.45, 7) is 2.32. The summed E-state index contributed by atoms with van der Waals surface area (Å²) in [6, 6.07) is 7.23. The molecule has 1 aromatic carbocycles. The quantitative estimate of drug-likeness (QED) is 0.658. The lowest BCUT2D eigenvalue weighted by atomic mass is 9.98. The van der Waals surface area contributed by atoms with Gasteiger partial charge in [0.2, 0.25) is 11.8 Å². The highest BCUT2D eigenvalue weighted by Gasteiger charge is 2.37. The second-order valence-corrected chi connectivity index (χ2v) is 6.68. The Balaban J connectivity index is 1.99. The molecule has 1 aromatic heterocycles. The van der Waals surface area contributed by atoms with Crippen LogP contribution >= 0.6 is 0 Å². The van der Waals surface area contributed by atoms with Gasteiger partial charge in [0.05, 0.1) is 12.8 Å². The molecule has 28 heavy (non-hydrogen) atoms. The van der Waals surface area contributed by atoms with Crippen molar-refractivity contribution in [3.63, 3.8) is 0 Å². The number of methoxy groups -OCH3 is 1. The summed E-state index contributed by atoms with van der Waals surface area (Å²) < 4.78 is 51.5. The zero-order valence-electron chi connectivity index (χ0n) is 16.0. The van der Waals surface area contributed by atoms with Crippen LogP contribution in [0.15, 0.2) is 30.5 Å². The number of aromatic nitrogens is 2. The Bertz CT molecular complexity index is 793. The smallest absolute Gasteiger partial charge is 0.423 e. The van der Waals surface area contributed by atoms with Gasteiger partial charge in [-0.25, -0.2) is 4.98 Å². The van der Waals surface area contributed by atoms with Gasteiger partial charge in [-0.15, -0.1) is 0 Å². The van der Waals surface area contributed by atoms with Crippen LogP contribution in [-0.4, -0.2) is 29.7 Å². The van der Waals surface area contributed by atoms with Crippen LogP contribution in [0.4, 0.5) is 24.8 Å². The van der Waals surface area contributed by atoms with Gasteiger partial charge in [0.25, 0.3) is 0 Å². The third-order valence-corrected chi connectivity index (χ3v) is 4.81. The molecule has 1 saturated carbocycles. The van der Waals surface area contributed by atoms with Crippen molar-refractivity contribution in [3.8, 4) is 11.6 Å². The van der Waals surface area contributed by atoms with E-state index in [1.54, 1.807) is 11.0 Å². The highest BCUT2D eigenvalue weighted by molar-refractivity contribution is 5.65. The summed E-state index contributed by atoms with van der Waals surface area (Å²) >= 11 is 0. The Morgan fingerprint density at radius 2 is 1.86 bits per heavy atom. The SMILES string of the molecule is CCN(c1ncc(C(F)(F)F)c(OC2CCCCC2)n1)c1ccccc1OC. The molecule has 1 heterocycles. The van der Waals surface area contributed by atoms with Gasteiger partial charge in [0.1, 0.15) is 17.4 Å². The number of para-hydroxylation sites is 2. The van der Waals surface area contributed by atoms with Crippen LogP contribution < -0.4 is 14.4 Å². The molecule has 1 aliphatic rings. The summed E-state index contributed by atoms with van der Waals surface area (Å²) in [4.78, 5) is 9.86. The Hall–Kier alpha value is -2.51.